The lowest BCUT2D eigenvalue weighted by molar-refractivity contribution is -0.143. The molecule has 0 fully saturated rings. The predicted molar refractivity (Wildman–Crippen MR) is 65.5 cm³/mol. The number of para-hydroxylation sites is 1. The number of halogens is 3. The van der Waals surface area contributed by atoms with Gasteiger partial charge in [0.05, 0.1) is 6.20 Å². The zero-order chi connectivity index (χ0) is 13.6. The molecule has 3 rings (SSSR count). The molecule has 0 spiro atoms. The first kappa shape index (κ1) is 11.8. The topological polar surface area (TPSA) is 33.6 Å². The average Bonchev–Trinajstić information content (AvgIpc) is 2.91. The molecular formula is C13H10F3N3. The van der Waals surface area contributed by atoms with Gasteiger partial charge in [-0.15, -0.1) is 0 Å². The molecule has 0 atom stereocenters. The van der Waals surface area contributed by atoms with Crippen molar-refractivity contribution in [2.75, 3.05) is 0 Å². The standard InChI is InChI=1S/C13H10F3N3/c1-19-12(13(14,15)16)10(7-18-19)9-6-17-11-5-3-2-4-8(9)11/h2-7,17H,1H3. The second kappa shape index (κ2) is 3.88. The molecule has 1 N–H and O–H groups in total. The van der Waals surface area contributed by atoms with E-state index in [-0.39, 0.29) is 5.56 Å². The predicted octanol–water partition coefficient (Wildman–Crippen LogP) is 3.59. The second-order valence-electron chi connectivity index (χ2n) is 4.28. The van der Waals surface area contributed by atoms with Crippen LogP contribution in [-0.4, -0.2) is 14.8 Å². The van der Waals surface area contributed by atoms with Crippen LogP contribution in [0.2, 0.25) is 0 Å². The molecule has 2 aromatic heterocycles. The molecule has 3 aromatic rings. The summed E-state index contributed by atoms with van der Waals surface area (Å²) < 4.78 is 40.0. The van der Waals surface area contributed by atoms with E-state index in [1.807, 2.05) is 12.1 Å². The van der Waals surface area contributed by atoms with Crippen LogP contribution in [0.1, 0.15) is 5.69 Å². The van der Waals surface area contributed by atoms with E-state index in [4.69, 9.17) is 0 Å². The van der Waals surface area contributed by atoms with Gasteiger partial charge < -0.3 is 4.98 Å². The Kier molecular flexibility index (Phi) is 2.41. The minimum Gasteiger partial charge on any atom is -0.361 e. The first-order chi connectivity index (χ1) is 8.98. The quantitative estimate of drug-likeness (QED) is 0.716. The van der Waals surface area contributed by atoms with Crippen LogP contribution < -0.4 is 0 Å². The lowest BCUT2D eigenvalue weighted by Crippen LogP contribution is -2.12. The van der Waals surface area contributed by atoms with Gasteiger partial charge in [-0.25, -0.2) is 0 Å². The van der Waals surface area contributed by atoms with Crippen molar-refractivity contribution >= 4 is 10.9 Å². The molecule has 0 aliphatic carbocycles. The number of benzene rings is 1. The number of nitrogens with zero attached hydrogens (tertiary/aromatic N) is 2. The summed E-state index contributed by atoms with van der Waals surface area (Å²) >= 11 is 0. The Balaban J connectivity index is 2.29. The Bertz CT molecular complexity index is 737. The summed E-state index contributed by atoms with van der Waals surface area (Å²) in [6.45, 7) is 0. The Morgan fingerprint density at radius 3 is 2.63 bits per heavy atom. The van der Waals surface area contributed by atoms with Gasteiger partial charge in [0.1, 0.15) is 5.69 Å². The van der Waals surface area contributed by atoms with Gasteiger partial charge in [0.2, 0.25) is 0 Å². The number of H-pyrrole nitrogens is 1. The zero-order valence-electron chi connectivity index (χ0n) is 9.99. The van der Waals surface area contributed by atoms with Gasteiger partial charge in [-0.3, -0.25) is 4.68 Å². The number of alkyl halides is 3. The molecular weight excluding hydrogens is 255 g/mol. The molecule has 19 heavy (non-hydrogen) atoms. The van der Waals surface area contributed by atoms with E-state index >= 15 is 0 Å². The van der Waals surface area contributed by atoms with Gasteiger partial charge >= 0.3 is 6.18 Å². The van der Waals surface area contributed by atoms with Crippen molar-refractivity contribution in [3.05, 3.63) is 42.4 Å². The molecule has 0 unspecified atom stereocenters. The maximum Gasteiger partial charge on any atom is 0.433 e. The number of aromatic nitrogens is 3. The summed E-state index contributed by atoms with van der Waals surface area (Å²) in [4.78, 5) is 2.97. The summed E-state index contributed by atoms with van der Waals surface area (Å²) in [5.74, 6) is 0. The number of rotatable bonds is 1. The number of nitrogens with one attached hydrogen (secondary N) is 1. The van der Waals surface area contributed by atoms with Crippen LogP contribution in [0.4, 0.5) is 13.2 Å². The number of aromatic amines is 1. The van der Waals surface area contributed by atoms with Gasteiger partial charge in [-0.05, 0) is 6.07 Å². The minimum absolute atomic E-state index is 0.0902. The Hall–Kier alpha value is -2.24. The van der Waals surface area contributed by atoms with Crippen LogP contribution in [0.15, 0.2) is 36.7 Å². The van der Waals surface area contributed by atoms with E-state index in [0.29, 0.717) is 5.56 Å². The highest BCUT2D eigenvalue weighted by Gasteiger charge is 2.38. The van der Waals surface area contributed by atoms with Gasteiger partial charge in [-0.1, -0.05) is 18.2 Å². The third-order valence-corrected chi connectivity index (χ3v) is 3.09. The summed E-state index contributed by atoms with van der Waals surface area (Å²) in [7, 11) is 1.29. The SMILES string of the molecule is Cn1ncc(-c2c[nH]c3ccccc23)c1C(F)(F)F. The highest BCUT2D eigenvalue weighted by Crippen LogP contribution is 2.39. The van der Waals surface area contributed by atoms with E-state index < -0.39 is 11.9 Å². The monoisotopic (exact) mass is 265 g/mol. The maximum absolute atomic E-state index is 13.1. The van der Waals surface area contributed by atoms with Crippen LogP contribution in [-0.2, 0) is 13.2 Å². The lowest BCUT2D eigenvalue weighted by atomic mass is 10.1. The molecule has 0 saturated heterocycles. The highest BCUT2D eigenvalue weighted by atomic mass is 19.4. The molecule has 0 saturated carbocycles. The van der Waals surface area contributed by atoms with Gasteiger partial charge in [0, 0.05) is 35.3 Å². The third kappa shape index (κ3) is 1.80. The van der Waals surface area contributed by atoms with Gasteiger partial charge in [0.15, 0.2) is 0 Å². The van der Waals surface area contributed by atoms with Crippen LogP contribution in [0.25, 0.3) is 22.0 Å². The molecule has 98 valence electrons. The van der Waals surface area contributed by atoms with Crippen molar-refractivity contribution in [2.45, 2.75) is 6.18 Å². The molecule has 1 aromatic carbocycles. The van der Waals surface area contributed by atoms with Crippen molar-refractivity contribution in [2.24, 2.45) is 7.05 Å². The Morgan fingerprint density at radius 2 is 1.89 bits per heavy atom. The van der Waals surface area contributed by atoms with E-state index in [0.717, 1.165) is 15.6 Å². The van der Waals surface area contributed by atoms with Crippen LogP contribution in [0.3, 0.4) is 0 Å². The maximum atomic E-state index is 13.1. The molecule has 0 amide bonds. The molecule has 0 aliphatic heterocycles. The molecule has 0 radical (unpaired) electrons. The number of fused-ring (bicyclic) bond motifs is 1. The third-order valence-electron chi connectivity index (χ3n) is 3.09. The number of aryl methyl sites for hydroxylation is 1. The molecule has 0 bridgehead atoms. The summed E-state index contributed by atoms with van der Waals surface area (Å²) in [6, 6.07) is 7.23. The summed E-state index contributed by atoms with van der Waals surface area (Å²) in [6.07, 6.45) is -1.60. The zero-order valence-corrected chi connectivity index (χ0v) is 9.99. The van der Waals surface area contributed by atoms with Crippen molar-refractivity contribution in [3.8, 4) is 11.1 Å². The first-order valence-electron chi connectivity index (χ1n) is 5.64. The molecule has 6 heteroatoms. The summed E-state index contributed by atoms with van der Waals surface area (Å²) in [5.41, 5.74) is 0.662. The van der Waals surface area contributed by atoms with E-state index in [9.17, 15) is 13.2 Å². The van der Waals surface area contributed by atoms with Crippen molar-refractivity contribution in [1.29, 1.82) is 0 Å². The van der Waals surface area contributed by atoms with Gasteiger partial charge in [-0.2, -0.15) is 18.3 Å². The van der Waals surface area contributed by atoms with E-state index in [1.54, 1.807) is 18.3 Å². The van der Waals surface area contributed by atoms with Crippen molar-refractivity contribution in [3.63, 3.8) is 0 Å². The Morgan fingerprint density at radius 1 is 1.16 bits per heavy atom. The number of hydrogen-bond donors (Lipinski definition) is 1. The Labute approximate surface area is 106 Å². The van der Waals surface area contributed by atoms with E-state index in [1.165, 1.54) is 13.2 Å². The second-order valence-corrected chi connectivity index (χ2v) is 4.28. The molecule has 3 nitrogen and oxygen atoms in total. The highest BCUT2D eigenvalue weighted by molar-refractivity contribution is 5.96. The van der Waals surface area contributed by atoms with Gasteiger partial charge in [0.25, 0.3) is 0 Å². The first-order valence-corrected chi connectivity index (χ1v) is 5.64. The van der Waals surface area contributed by atoms with Crippen LogP contribution in [0.5, 0.6) is 0 Å². The minimum atomic E-state index is -4.43. The lowest BCUT2D eigenvalue weighted by Gasteiger charge is -2.09. The fourth-order valence-corrected chi connectivity index (χ4v) is 2.27. The summed E-state index contributed by atoms with van der Waals surface area (Å²) in [5, 5.41) is 4.48. The number of hydrogen-bond acceptors (Lipinski definition) is 1. The van der Waals surface area contributed by atoms with Crippen molar-refractivity contribution < 1.29 is 13.2 Å². The van der Waals surface area contributed by atoms with Crippen molar-refractivity contribution in [1.82, 2.24) is 14.8 Å². The fraction of sp³-hybridized carbons (Fsp3) is 0.154. The van der Waals surface area contributed by atoms with Crippen LogP contribution >= 0.6 is 0 Å². The fourth-order valence-electron chi connectivity index (χ4n) is 2.27. The molecule has 0 aliphatic rings. The van der Waals surface area contributed by atoms with Crippen LogP contribution in [0, 0.1) is 0 Å². The smallest absolute Gasteiger partial charge is 0.361 e. The van der Waals surface area contributed by atoms with E-state index in [2.05, 4.69) is 10.1 Å². The molecule has 2 heterocycles. The normalized spacial score (nSPS) is 12.2. The largest absolute Gasteiger partial charge is 0.433 e. The average molecular weight is 265 g/mol.